The van der Waals surface area contributed by atoms with Gasteiger partial charge in [0.2, 0.25) is 5.91 Å². The number of anilines is 3. The molecule has 3 N–H and O–H groups in total. The van der Waals surface area contributed by atoms with Crippen LogP contribution in [0.1, 0.15) is 28.4 Å². The Morgan fingerprint density at radius 1 is 0.879 bits per heavy atom. The highest BCUT2D eigenvalue weighted by Gasteiger charge is 2.19. The number of nitrogens with one attached hydrogen (secondary N) is 3. The Kier molecular flexibility index (Phi) is 7.03. The third-order valence-corrected chi connectivity index (χ3v) is 6.18. The Morgan fingerprint density at radius 3 is 2.30 bits per heavy atom. The van der Waals surface area contributed by atoms with E-state index >= 15 is 0 Å². The van der Waals surface area contributed by atoms with Crippen molar-refractivity contribution in [2.45, 2.75) is 25.7 Å². The van der Waals surface area contributed by atoms with E-state index in [0.717, 1.165) is 5.56 Å². The van der Waals surface area contributed by atoms with E-state index in [2.05, 4.69) is 15.4 Å². The summed E-state index contributed by atoms with van der Waals surface area (Å²) in [5, 5.41) is 5.38. The maximum atomic E-state index is 13.0. The molecule has 172 valence electrons. The third kappa shape index (κ3) is 5.89. The molecule has 0 aliphatic rings. The second-order valence-corrected chi connectivity index (χ2v) is 9.18. The van der Waals surface area contributed by atoms with Gasteiger partial charge in [0.25, 0.3) is 15.9 Å². The minimum absolute atomic E-state index is 0.0339. The predicted octanol–water partition coefficient (Wildman–Crippen LogP) is 4.32. The van der Waals surface area contributed by atoms with Gasteiger partial charge in [0, 0.05) is 23.9 Å². The van der Waals surface area contributed by atoms with Gasteiger partial charge in [-0.05, 0) is 67.4 Å². The molecule has 0 unspecified atom stereocenters. The van der Waals surface area contributed by atoms with Crippen LogP contribution >= 0.6 is 0 Å². The molecule has 0 saturated heterocycles. The first-order valence-electron chi connectivity index (χ1n) is 10.1. The van der Waals surface area contributed by atoms with Crippen molar-refractivity contribution in [3.8, 4) is 5.75 Å². The largest absolute Gasteiger partial charge is 0.495 e. The van der Waals surface area contributed by atoms with Gasteiger partial charge >= 0.3 is 0 Å². The summed E-state index contributed by atoms with van der Waals surface area (Å²) in [6.07, 6.45) is 0. The first-order valence-corrected chi connectivity index (χ1v) is 11.5. The number of benzene rings is 3. The normalized spacial score (nSPS) is 10.9. The predicted molar refractivity (Wildman–Crippen MR) is 128 cm³/mol. The van der Waals surface area contributed by atoms with Crippen LogP contribution in [0.5, 0.6) is 5.75 Å². The number of hydrogen-bond acceptors (Lipinski definition) is 5. The number of carbonyl (C=O) groups is 2. The van der Waals surface area contributed by atoms with Crippen LogP contribution in [0.4, 0.5) is 17.1 Å². The van der Waals surface area contributed by atoms with Crippen molar-refractivity contribution < 1.29 is 22.7 Å². The SMILES string of the molecule is COc1ccc(NC(=O)c2cc(S(=O)(=O)Nc3cccc(C)c3)ccc2C)cc1NC(C)=O. The number of carbonyl (C=O) groups excluding carboxylic acids is 2. The average molecular weight is 468 g/mol. The lowest BCUT2D eigenvalue weighted by Crippen LogP contribution is -2.17. The molecule has 0 aromatic heterocycles. The molecule has 3 aromatic rings. The van der Waals surface area contributed by atoms with Gasteiger partial charge in [0.1, 0.15) is 5.75 Å². The molecule has 0 bridgehead atoms. The molecule has 0 radical (unpaired) electrons. The molecule has 8 nitrogen and oxygen atoms in total. The summed E-state index contributed by atoms with van der Waals surface area (Å²) in [4.78, 5) is 24.4. The zero-order valence-electron chi connectivity index (χ0n) is 18.7. The lowest BCUT2D eigenvalue weighted by Gasteiger charge is -2.14. The summed E-state index contributed by atoms with van der Waals surface area (Å²) in [5.41, 5.74) is 2.98. The summed E-state index contributed by atoms with van der Waals surface area (Å²) in [6, 6.07) is 16.2. The first kappa shape index (κ1) is 23.8. The quantitative estimate of drug-likeness (QED) is 0.479. The van der Waals surface area contributed by atoms with Gasteiger partial charge in [-0.3, -0.25) is 14.3 Å². The summed E-state index contributed by atoms with van der Waals surface area (Å²) >= 11 is 0. The highest BCUT2D eigenvalue weighted by Crippen LogP contribution is 2.28. The van der Waals surface area contributed by atoms with Crippen LogP contribution in [0.2, 0.25) is 0 Å². The van der Waals surface area contributed by atoms with Gasteiger partial charge in [-0.2, -0.15) is 0 Å². The molecule has 0 saturated carbocycles. The van der Waals surface area contributed by atoms with Crippen LogP contribution in [0.15, 0.2) is 65.6 Å². The van der Waals surface area contributed by atoms with Crippen molar-refractivity contribution in [2.24, 2.45) is 0 Å². The van der Waals surface area contributed by atoms with Crippen molar-refractivity contribution in [2.75, 3.05) is 22.5 Å². The van der Waals surface area contributed by atoms with Gasteiger partial charge in [-0.15, -0.1) is 0 Å². The summed E-state index contributed by atoms with van der Waals surface area (Å²) in [7, 11) is -2.43. The topological polar surface area (TPSA) is 114 Å². The lowest BCUT2D eigenvalue weighted by atomic mass is 10.1. The molecular weight excluding hydrogens is 442 g/mol. The summed E-state index contributed by atoms with van der Waals surface area (Å²) in [5.74, 6) is -0.333. The van der Waals surface area contributed by atoms with Crippen LogP contribution in [0, 0.1) is 13.8 Å². The van der Waals surface area contributed by atoms with E-state index < -0.39 is 15.9 Å². The Hall–Kier alpha value is -3.85. The zero-order chi connectivity index (χ0) is 24.2. The fraction of sp³-hybridized carbons (Fsp3) is 0.167. The number of sulfonamides is 1. The van der Waals surface area contributed by atoms with Crippen molar-refractivity contribution in [3.63, 3.8) is 0 Å². The molecule has 3 rings (SSSR count). The monoisotopic (exact) mass is 467 g/mol. The fourth-order valence-electron chi connectivity index (χ4n) is 3.21. The van der Waals surface area contributed by atoms with Gasteiger partial charge in [0.05, 0.1) is 17.7 Å². The van der Waals surface area contributed by atoms with Crippen molar-refractivity contribution in [3.05, 3.63) is 77.4 Å². The Balaban J connectivity index is 1.87. The average Bonchev–Trinajstić information content (AvgIpc) is 2.73. The van der Waals surface area contributed by atoms with Crippen LogP contribution in [-0.2, 0) is 14.8 Å². The fourth-order valence-corrected chi connectivity index (χ4v) is 4.28. The molecular formula is C24H25N3O5S. The molecule has 0 atom stereocenters. The van der Waals surface area contributed by atoms with Crippen LogP contribution in [-0.4, -0.2) is 27.3 Å². The lowest BCUT2D eigenvalue weighted by molar-refractivity contribution is -0.114. The zero-order valence-corrected chi connectivity index (χ0v) is 19.5. The van der Waals surface area contributed by atoms with E-state index in [1.165, 1.54) is 26.2 Å². The smallest absolute Gasteiger partial charge is 0.261 e. The molecule has 0 heterocycles. The van der Waals surface area contributed by atoms with Crippen LogP contribution in [0.3, 0.4) is 0 Å². The maximum Gasteiger partial charge on any atom is 0.261 e. The van der Waals surface area contributed by atoms with E-state index in [0.29, 0.717) is 28.4 Å². The second-order valence-electron chi connectivity index (χ2n) is 7.50. The highest BCUT2D eigenvalue weighted by molar-refractivity contribution is 7.92. The van der Waals surface area contributed by atoms with Crippen molar-refractivity contribution in [1.82, 2.24) is 0 Å². The summed E-state index contributed by atoms with van der Waals surface area (Å²) in [6.45, 7) is 4.95. The molecule has 33 heavy (non-hydrogen) atoms. The molecule has 0 aliphatic carbocycles. The van der Waals surface area contributed by atoms with E-state index in [1.54, 1.807) is 49.4 Å². The Labute approximate surface area is 193 Å². The van der Waals surface area contributed by atoms with E-state index in [9.17, 15) is 18.0 Å². The highest BCUT2D eigenvalue weighted by atomic mass is 32.2. The second kappa shape index (κ2) is 9.74. The van der Waals surface area contributed by atoms with Gasteiger partial charge in [0.15, 0.2) is 0 Å². The molecule has 3 aromatic carbocycles. The Bertz CT molecular complexity index is 1320. The molecule has 0 fully saturated rings. The minimum atomic E-state index is -3.90. The molecule has 2 amide bonds. The number of aryl methyl sites for hydroxylation is 2. The third-order valence-electron chi connectivity index (χ3n) is 4.80. The van der Waals surface area contributed by atoms with Crippen molar-refractivity contribution in [1.29, 1.82) is 0 Å². The van der Waals surface area contributed by atoms with E-state index in [1.807, 2.05) is 13.0 Å². The standard InChI is InChI=1S/C24H25N3O5S/c1-15-6-5-7-19(12-15)27-33(30,31)20-10-8-16(2)21(14-20)24(29)26-18-9-11-23(32-4)22(13-18)25-17(3)28/h5-14,27H,1-4H3,(H,25,28)(H,26,29). The molecule has 0 spiro atoms. The van der Waals surface area contributed by atoms with Gasteiger partial charge in [-0.1, -0.05) is 18.2 Å². The van der Waals surface area contributed by atoms with Crippen molar-refractivity contribution >= 4 is 38.9 Å². The summed E-state index contributed by atoms with van der Waals surface area (Å²) < 4.78 is 33.5. The minimum Gasteiger partial charge on any atom is -0.495 e. The van der Waals surface area contributed by atoms with E-state index in [-0.39, 0.29) is 16.4 Å². The first-order chi connectivity index (χ1) is 15.6. The number of hydrogen-bond donors (Lipinski definition) is 3. The number of amides is 2. The Morgan fingerprint density at radius 2 is 1.64 bits per heavy atom. The molecule has 0 aliphatic heterocycles. The number of ether oxygens (including phenoxy) is 1. The number of methoxy groups -OCH3 is 1. The van der Waals surface area contributed by atoms with Gasteiger partial charge < -0.3 is 15.4 Å². The van der Waals surface area contributed by atoms with Crippen LogP contribution in [0.25, 0.3) is 0 Å². The van der Waals surface area contributed by atoms with Gasteiger partial charge in [-0.25, -0.2) is 8.42 Å². The van der Waals surface area contributed by atoms with E-state index in [4.69, 9.17) is 4.74 Å². The van der Waals surface area contributed by atoms with Crippen LogP contribution < -0.4 is 20.1 Å². The maximum absolute atomic E-state index is 13.0. The number of rotatable bonds is 7. The molecule has 9 heteroatoms.